The number of anilines is 1. The Labute approximate surface area is 97.4 Å². The molecule has 2 rings (SSSR count). The molecule has 0 spiro atoms. The molecular formula is C12H22N4. The number of aromatic nitrogens is 2. The Morgan fingerprint density at radius 1 is 1.56 bits per heavy atom. The highest BCUT2D eigenvalue weighted by atomic mass is 15.3. The molecule has 0 saturated carbocycles. The molecule has 1 aliphatic rings. The lowest BCUT2D eigenvalue weighted by Crippen LogP contribution is -2.50. The van der Waals surface area contributed by atoms with E-state index in [-0.39, 0.29) is 6.04 Å². The van der Waals surface area contributed by atoms with Crippen molar-refractivity contribution in [1.29, 1.82) is 0 Å². The van der Waals surface area contributed by atoms with Gasteiger partial charge in [0.2, 0.25) is 5.95 Å². The van der Waals surface area contributed by atoms with Crippen molar-refractivity contribution in [2.75, 3.05) is 11.4 Å². The fourth-order valence-corrected chi connectivity index (χ4v) is 2.56. The maximum atomic E-state index is 6.08. The maximum absolute atomic E-state index is 6.08. The summed E-state index contributed by atoms with van der Waals surface area (Å²) in [5.74, 6) is 1.09. The van der Waals surface area contributed by atoms with Crippen molar-refractivity contribution in [3.05, 3.63) is 12.4 Å². The van der Waals surface area contributed by atoms with Crippen molar-refractivity contribution in [1.82, 2.24) is 9.55 Å². The molecule has 1 fully saturated rings. The van der Waals surface area contributed by atoms with Gasteiger partial charge in [-0.1, -0.05) is 0 Å². The lowest BCUT2D eigenvalue weighted by Gasteiger charge is -2.38. The van der Waals surface area contributed by atoms with Crippen LogP contribution in [0.25, 0.3) is 0 Å². The molecule has 0 aromatic carbocycles. The summed E-state index contributed by atoms with van der Waals surface area (Å²) in [5.41, 5.74) is 6.08. The fourth-order valence-electron chi connectivity index (χ4n) is 2.56. The van der Waals surface area contributed by atoms with Crippen molar-refractivity contribution in [2.24, 2.45) is 5.73 Å². The second-order valence-corrected chi connectivity index (χ2v) is 4.63. The molecule has 1 aromatic rings. The molecule has 0 bridgehead atoms. The summed E-state index contributed by atoms with van der Waals surface area (Å²) < 4.78 is 2.20. The molecule has 0 amide bonds. The molecule has 16 heavy (non-hydrogen) atoms. The molecule has 1 aliphatic heterocycles. The van der Waals surface area contributed by atoms with Crippen LogP contribution in [0.4, 0.5) is 5.95 Å². The summed E-state index contributed by atoms with van der Waals surface area (Å²) in [7, 11) is 0. The van der Waals surface area contributed by atoms with Gasteiger partial charge in [-0.2, -0.15) is 0 Å². The maximum Gasteiger partial charge on any atom is 0.205 e. The molecule has 4 nitrogen and oxygen atoms in total. The molecule has 0 radical (unpaired) electrons. The Hall–Kier alpha value is -1.03. The molecule has 1 saturated heterocycles. The average molecular weight is 222 g/mol. The van der Waals surface area contributed by atoms with Crippen molar-refractivity contribution in [3.63, 3.8) is 0 Å². The molecular weight excluding hydrogens is 200 g/mol. The predicted molar refractivity (Wildman–Crippen MR) is 66.5 cm³/mol. The van der Waals surface area contributed by atoms with E-state index in [0.29, 0.717) is 6.04 Å². The van der Waals surface area contributed by atoms with E-state index in [9.17, 15) is 0 Å². The highest BCUT2D eigenvalue weighted by Crippen LogP contribution is 2.24. The smallest absolute Gasteiger partial charge is 0.205 e. The highest BCUT2D eigenvalue weighted by molar-refractivity contribution is 5.34. The first-order chi connectivity index (χ1) is 7.74. The van der Waals surface area contributed by atoms with E-state index in [2.05, 4.69) is 28.3 Å². The summed E-state index contributed by atoms with van der Waals surface area (Å²) >= 11 is 0. The van der Waals surface area contributed by atoms with E-state index in [0.717, 1.165) is 19.0 Å². The Kier molecular flexibility index (Phi) is 3.49. The summed E-state index contributed by atoms with van der Waals surface area (Å²) in [4.78, 5) is 6.86. The van der Waals surface area contributed by atoms with Gasteiger partial charge >= 0.3 is 0 Å². The molecule has 90 valence electrons. The molecule has 4 heteroatoms. The van der Waals surface area contributed by atoms with Crippen molar-refractivity contribution in [3.8, 4) is 0 Å². The van der Waals surface area contributed by atoms with E-state index in [1.807, 2.05) is 12.4 Å². The number of rotatable bonds is 3. The van der Waals surface area contributed by atoms with E-state index in [1.54, 1.807) is 0 Å². The number of nitrogens with zero attached hydrogens (tertiary/aromatic N) is 3. The standard InChI is InChI=1S/C12H22N4/c1-3-15-9-7-14-12(15)16-8-5-4-6-11(16)10(2)13/h7,9-11H,3-6,8,13H2,1-2H3. The molecule has 0 aliphatic carbocycles. The van der Waals surface area contributed by atoms with E-state index >= 15 is 0 Å². The van der Waals surface area contributed by atoms with Crippen LogP contribution in [0.5, 0.6) is 0 Å². The van der Waals surface area contributed by atoms with Gasteiger partial charge in [0, 0.05) is 37.6 Å². The van der Waals surface area contributed by atoms with Crippen LogP contribution in [0.15, 0.2) is 12.4 Å². The number of piperidine rings is 1. The van der Waals surface area contributed by atoms with Crippen LogP contribution in [-0.2, 0) is 6.54 Å². The van der Waals surface area contributed by atoms with Crippen LogP contribution in [0.1, 0.15) is 33.1 Å². The van der Waals surface area contributed by atoms with E-state index in [1.165, 1.54) is 19.3 Å². The lowest BCUT2D eigenvalue weighted by molar-refractivity contribution is 0.404. The molecule has 2 heterocycles. The molecule has 2 atom stereocenters. The van der Waals surface area contributed by atoms with Crippen molar-refractivity contribution >= 4 is 5.95 Å². The first kappa shape index (κ1) is 11.5. The minimum absolute atomic E-state index is 0.210. The average Bonchev–Trinajstić information content (AvgIpc) is 2.76. The SMILES string of the molecule is CCn1ccnc1N1CCCCC1C(C)N. The van der Waals surface area contributed by atoms with Gasteiger partial charge < -0.3 is 15.2 Å². The molecule has 2 N–H and O–H groups in total. The number of imidazole rings is 1. The predicted octanol–water partition coefficient (Wildman–Crippen LogP) is 1.61. The van der Waals surface area contributed by atoms with E-state index in [4.69, 9.17) is 5.73 Å². The Balaban J connectivity index is 2.23. The Morgan fingerprint density at radius 3 is 3.06 bits per heavy atom. The van der Waals surface area contributed by atoms with Gasteiger partial charge in [0.15, 0.2) is 0 Å². The second-order valence-electron chi connectivity index (χ2n) is 4.63. The summed E-state index contributed by atoms with van der Waals surface area (Å²) in [6.07, 6.45) is 7.65. The first-order valence-electron chi connectivity index (χ1n) is 6.27. The van der Waals surface area contributed by atoms with Crippen molar-refractivity contribution in [2.45, 2.75) is 51.7 Å². The summed E-state index contributed by atoms with van der Waals surface area (Å²) in [6, 6.07) is 0.656. The van der Waals surface area contributed by atoms with Gasteiger partial charge in [-0.15, -0.1) is 0 Å². The van der Waals surface area contributed by atoms with Gasteiger partial charge in [0.05, 0.1) is 0 Å². The number of nitrogens with two attached hydrogens (primary N) is 1. The topological polar surface area (TPSA) is 47.1 Å². The third-order valence-electron chi connectivity index (χ3n) is 3.45. The Morgan fingerprint density at radius 2 is 2.38 bits per heavy atom. The normalized spacial score (nSPS) is 23.4. The summed E-state index contributed by atoms with van der Waals surface area (Å²) in [6.45, 7) is 6.30. The van der Waals surface area contributed by atoms with Gasteiger partial charge in [-0.3, -0.25) is 0 Å². The monoisotopic (exact) mass is 222 g/mol. The zero-order valence-electron chi connectivity index (χ0n) is 10.3. The lowest BCUT2D eigenvalue weighted by atomic mass is 9.97. The largest absolute Gasteiger partial charge is 0.338 e. The second kappa shape index (κ2) is 4.87. The van der Waals surface area contributed by atoms with E-state index < -0.39 is 0 Å². The first-order valence-corrected chi connectivity index (χ1v) is 6.27. The van der Waals surface area contributed by atoms with Crippen LogP contribution in [0, 0.1) is 0 Å². The van der Waals surface area contributed by atoms with Crippen LogP contribution >= 0.6 is 0 Å². The number of hydrogen-bond acceptors (Lipinski definition) is 3. The van der Waals surface area contributed by atoms with Crippen LogP contribution in [0.2, 0.25) is 0 Å². The van der Waals surface area contributed by atoms with Crippen LogP contribution < -0.4 is 10.6 Å². The highest BCUT2D eigenvalue weighted by Gasteiger charge is 2.27. The minimum atomic E-state index is 0.210. The third kappa shape index (κ3) is 2.07. The van der Waals surface area contributed by atoms with Crippen molar-refractivity contribution < 1.29 is 0 Å². The Bertz CT molecular complexity index is 332. The zero-order valence-corrected chi connectivity index (χ0v) is 10.3. The van der Waals surface area contributed by atoms with Gasteiger partial charge in [-0.25, -0.2) is 4.98 Å². The third-order valence-corrected chi connectivity index (χ3v) is 3.45. The van der Waals surface area contributed by atoms with Gasteiger partial charge in [0.25, 0.3) is 0 Å². The molecule has 1 aromatic heterocycles. The number of hydrogen-bond donors (Lipinski definition) is 1. The number of aryl methyl sites for hydroxylation is 1. The fraction of sp³-hybridized carbons (Fsp3) is 0.750. The van der Waals surface area contributed by atoms with Crippen LogP contribution in [0.3, 0.4) is 0 Å². The summed E-state index contributed by atoms with van der Waals surface area (Å²) in [5, 5.41) is 0. The van der Waals surface area contributed by atoms with Gasteiger partial charge in [-0.05, 0) is 33.1 Å². The van der Waals surface area contributed by atoms with Crippen LogP contribution in [-0.4, -0.2) is 28.2 Å². The molecule has 2 unspecified atom stereocenters. The zero-order chi connectivity index (χ0) is 11.5. The van der Waals surface area contributed by atoms with Gasteiger partial charge in [0.1, 0.15) is 0 Å². The quantitative estimate of drug-likeness (QED) is 0.845. The minimum Gasteiger partial charge on any atom is -0.338 e.